The van der Waals surface area contributed by atoms with Crippen LogP contribution >= 0.6 is 22.9 Å². The van der Waals surface area contributed by atoms with Gasteiger partial charge in [0.25, 0.3) is 0 Å². The highest BCUT2D eigenvalue weighted by Crippen LogP contribution is 2.31. The fourth-order valence-electron chi connectivity index (χ4n) is 1.98. The van der Waals surface area contributed by atoms with Crippen molar-refractivity contribution < 1.29 is 4.74 Å². The minimum absolute atomic E-state index is 0.176. The quantitative estimate of drug-likeness (QED) is 0.715. The molecule has 2 heterocycles. The molecule has 1 aliphatic heterocycles. The van der Waals surface area contributed by atoms with Crippen LogP contribution < -0.4 is 0 Å². The Morgan fingerprint density at radius 3 is 3.13 bits per heavy atom. The normalized spacial score (nSPS) is 23.9. The van der Waals surface area contributed by atoms with Crippen molar-refractivity contribution in [3.8, 4) is 0 Å². The molecule has 1 aromatic rings. The summed E-state index contributed by atoms with van der Waals surface area (Å²) in [7, 11) is 0. The van der Waals surface area contributed by atoms with Gasteiger partial charge in [-0.3, -0.25) is 0 Å². The summed E-state index contributed by atoms with van der Waals surface area (Å²) < 4.78 is 5.69. The highest BCUT2D eigenvalue weighted by molar-refractivity contribution is 7.10. The Kier molecular flexibility index (Phi) is 4.48. The molecule has 1 aromatic heterocycles. The van der Waals surface area contributed by atoms with Gasteiger partial charge < -0.3 is 4.74 Å². The van der Waals surface area contributed by atoms with Gasteiger partial charge in [-0.15, -0.1) is 22.9 Å². The van der Waals surface area contributed by atoms with E-state index in [1.807, 2.05) is 0 Å². The van der Waals surface area contributed by atoms with Gasteiger partial charge in [0.1, 0.15) is 0 Å². The van der Waals surface area contributed by atoms with E-state index in [2.05, 4.69) is 17.5 Å². The molecule has 2 rings (SSSR count). The maximum absolute atomic E-state index is 6.32. The molecular weight excluding hydrogens is 228 g/mol. The smallest absolute Gasteiger partial charge is 0.0679 e. The van der Waals surface area contributed by atoms with E-state index < -0.39 is 0 Å². The van der Waals surface area contributed by atoms with Gasteiger partial charge in [0.2, 0.25) is 0 Å². The second-order valence-corrected chi connectivity index (χ2v) is 5.55. The SMILES string of the molecule is ClC(CCC1CCCCO1)c1cccs1. The average Bonchev–Trinajstić information content (AvgIpc) is 2.81. The fourth-order valence-corrected chi connectivity index (χ4v) is 3.07. The highest BCUT2D eigenvalue weighted by Gasteiger charge is 2.16. The van der Waals surface area contributed by atoms with E-state index in [4.69, 9.17) is 16.3 Å². The lowest BCUT2D eigenvalue weighted by Gasteiger charge is -2.23. The van der Waals surface area contributed by atoms with Crippen molar-refractivity contribution in [1.82, 2.24) is 0 Å². The van der Waals surface area contributed by atoms with Crippen LogP contribution in [0.1, 0.15) is 42.4 Å². The molecule has 1 nitrogen and oxygen atoms in total. The molecule has 15 heavy (non-hydrogen) atoms. The number of hydrogen-bond donors (Lipinski definition) is 0. The molecule has 84 valence electrons. The zero-order valence-corrected chi connectivity index (χ0v) is 10.4. The van der Waals surface area contributed by atoms with Gasteiger partial charge in [0.05, 0.1) is 11.5 Å². The zero-order valence-electron chi connectivity index (χ0n) is 8.82. The van der Waals surface area contributed by atoms with Gasteiger partial charge in [0, 0.05) is 11.5 Å². The van der Waals surface area contributed by atoms with Gasteiger partial charge in [-0.2, -0.15) is 0 Å². The van der Waals surface area contributed by atoms with E-state index in [0.717, 1.165) is 19.4 Å². The molecule has 1 saturated heterocycles. The largest absolute Gasteiger partial charge is 0.378 e. The third kappa shape index (κ3) is 3.47. The number of hydrogen-bond acceptors (Lipinski definition) is 2. The molecule has 1 fully saturated rings. The van der Waals surface area contributed by atoms with Crippen LogP contribution in [0, 0.1) is 0 Å². The summed E-state index contributed by atoms with van der Waals surface area (Å²) in [6, 6.07) is 4.18. The Bertz CT molecular complexity index is 267. The van der Waals surface area contributed by atoms with E-state index >= 15 is 0 Å². The predicted molar refractivity (Wildman–Crippen MR) is 65.7 cm³/mol. The molecule has 3 heteroatoms. The maximum atomic E-state index is 6.32. The molecule has 0 spiro atoms. The second-order valence-electron chi connectivity index (χ2n) is 4.05. The first-order valence-electron chi connectivity index (χ1n) is 5.65. The standard InChI is InChI=1S/C12H17ClOS/c13-11(12-5-3-9-15-12)7-6-10-4-1-2-8-14-10/h3,5,9-11H,1-2,4,6-8H2. The van der Waals surface area contributed by atoms with Crippen LogP contribution in [0.25, 0.3) is 0 Å². The molecule has 2 atom stereocenters. The van der Waals surface area contributed by atoms with Crippen LogP contribution in [0.4, 0.5) is 0 Å². The lowest BCUT2D eigenvalue weighted by atomic mass is 10.0. The van der Waals surface area contributed by atoms with Crippen molar-refractivity contribution in [3.63, 3.8) is 0 Å². The number of rotatable bonds is 4. The van der Waals surface area contributed by atoms with E-state index in [0.29, 0.717) is 6.10 Å². The van der Waals surface area contributed by atoms with Crippen LogP contribution in [0.15, 0.2) is 17.5 Å². The van der Waals surface area contributed by atoms with E-state index in [9.17, 15) is 0 Å². The Balaban J connectivity index is 1.73. The Morgan fingerprint density at radius 1 is 1.53 bits per heavy atom. The molecule has 0 bridgehead atoms. The highest BCUT2D eigenvalue weighted by atomic mass is 35.5. The van der Waals surface area contributed by atoms with Gasteiger partial charge in [-0.1, -0.05) is 6.07 Å². The van der Waals surface area contributed by atoms with Crippen LogP contribution in [0.5, 0.6) is 0 Å². The Labute approximate surface area is 100 Å². The number of ether oxygens (including phenoxy) is 1. The minimum Gasteiger partial charge on any atom is -0.378 e. The summed E-state index contributed by atoms with van der Waals surface area (Å²) in [5.74, 6) is 0. The third-order valence-corrected chi connectivity index (χ3v) is 4.44. The summed E-state index contributed by atoms with van der Waals surface area (Å²) in [5.41, 5.74) is 0. The predicted octanol–water partition coefficient (Wildman–Crippen LogP) is 4.38. The van der Waals surface area contributed by atoms with Crippen molar-refractivity contribution in [2.75, 3.05) is 6.61 Å². The lowest BCUT2D eigenvalue weighted by Crippen LogP contribution is -2.19. The molecular formula is C12H17ClOS. The number of alkyl halides is 1. The topological polar surface area (TPSA) is 9.23 Å². The Hall–Kier alpha value is -0.0500. The van der Waals surface area contributed by atoms with E-state index in [1.165, 1.54) is 24.1 Å². The van der Waals surface area contributed by atoms with E-state index in [-0.39, 0.29) is 5.38 Å². The summed E-state index contributed by atoms with van der Waals surface area (Å²) in [5, 5.41) is 2.26. The summed E-state index contributed by atoms with van der Waals surface area (Å²) in [6.07, 6.45) is 6.36. The number of thiophene rings is 1. The summed E-state index contributed by atoms with van der Waals surface area (Å²) in [4.78, 5) is 1.28. The van der Waals surface area contributed by atoms with Crippen molar-refractivity contribution >= 4 is 22.9 Å². The van der Waals surface area contributed by atoms with Crippen LogP contribution in [0.3, 0.4) is 0 Å². The van der Waals surface area contributed by atoms with Gasteiger partial charge in [0.15, 0.2) is 0 Å². The van der Waals surface area contributed by atoms with E-state index in [1.54, 1.807) is 11.3 Å². The summed E-state index contributed by atoms with van der Waals surface area (Å²) in [6.45, 7) is 0.941. The molecule has 2 unspecified atom stereocenters. The van der Waals surface area contributed by atoms with Crippen LogP contribution in [-0.2, 0) is 4.74 Å². The first kappa shape index (κ1) is 11.4. The number of halogens is 1. The molecule has 0 aromatic carbocycles. The first-order valence-corrected chi connectivity index (χ1v) is 6.97. The van der Waals surface area contributed by atoms with Gasteiger partial charge >= 0.3 is 0 Å². The molecule has 0 radical (unpaired) electrons. The molecule has 0 N–H and O–H groups in total. The van der Waals surface area contributed by atoms with Crippen molar-refractivity contribution in [1.29, 1.82) is 0 Å². The molecule has 1 aliphatic rings. The van der Waals surface area contributed by atoms with Crippen LogP contribution in [0.2, 0.25) is 0 Å². The molecule has 0 saturated carbocycles. The second kappa shape index (κ2) is 5.88. The van der Waals surface area contributed by atoms with Gasteiger partial charge in [-0.25, -0.2) is 0 Å². The van der Waals surface area contributed by atoms with Crippen LogP contribution in [-0.4, -0.2) is 12.7 Å². The third-order valence-electron chi connectivity index (χ3n) is 2.87. The van der Waals surface area contributed by atoms with Crippen molar-refractivity contribution in [2.24, 2.45) is 0 Å². The van der Waals surface area contributed by atoms with Crippen molar-refractivity contribution in [2.45, 2.75) is 43.6 Å². The Morgan fingerprint density at radius 2 is 2.47 bits per heavy atom. The summed E-state index contributed by atoms with van der Waals surface area (Å²) >= 11 is 8.07. The van der Waals surface area contributed by atoms with Gasteiger partial charge in [-0.05, 0) is 43.6 Å². The minimum atomic E-state index is 0.176. The lowest BCUT2D eigenvalue weighted by molar-refractivity contribution is 0.0100. The maximum Gasteiger partial charge on any atom is 0.0679 e. The van der Waals surface area contributed by atoms with Crippen molar-refractivity contribution in [3.05, 3.63) is 22.4 Å². The fraction of sp³-hybridized carbons (Fsp3) is 0.667. The average molecular weight is 245 g/mol. The first-order chi connectivity index (χ1) is 7.36. The zero-order chi connectivity index (χ0) is 10.5. The monoisotopic (exact) mass is 244 g/mol. The molecule has 0 aliphatic carbocycles. The molecule has 0 amide bonds.